The minimum Gasteiger partial charge on any atom is -0.480 e. The van der Waals surface area contributed by atoms with Gasteiger partial charge in [-0.3, -0.25) is 9.79 Å². The zero-order valence-corrected chi connectivity index (χ0v) is 27.3. The Morgan fingerprint density at radius 2 is 1.87 bits per heavy atom. The molecule has 2 amide bonds. The Bertz CT molecular complexity index is 1590. The van der Waals surface area contributed by atoms with Crippen LogP contribution in [-0.2, 0) is 21.5 Å². The van der Waals surface area contributed by atoms with Gasteiger partial charge in [0.2, 0.25) is 5.95 Å². The monoisotopic (exact) mass is 636 g/mol. The second-order valence-electron chi connectivity index (χ2n) is 12.1. The molecule has 6 N–H and O–H groups in total. The predicted octanol–water partition coefficient (Wildman–Crippen LogP) is 4.40. The largest absolute Gasteiger partial charge is 0.480 e. The fourth-order valence-electron chi connectivity index (χ4n) is 3.76. The van der Waals surface area contributed by atoms with E-state index in [-0.39, 0.29) is 23.8 Å². The molecule has 0 aliphatic rings. The number of carboxylic acids is 1. The van der Waals surface area contributed by atoms with Crippen LogP contribution < -0.4 is 21.7 Å². The van der Waals surface area contributed by atoms with Crippen LogP contribution in [0.3, 0.4) is 0 Å². The highest BCUT2D eigenvalue weighted by Gasteiger charge is 2.24. The highest BCUT2D eigenvalue weighted by molar-refractivity contribution is 7.13. The van der Waals surface area contributed by atoms with Crippen LogP contribution in [0.15, 0.2) is 53.5 Å². The number of allylic oxidation sites excluding steroid dienone is 1. The highest BCUT2D eigenvalue weighted by Crippen LogP contribution is 2.27. The summed E-state index contributed by atoms with van der Waals surface area (Å²) in [5.74, 6) is -1.19. The maximum atomic E-state index is 12.7. The summed E-state index contributed by atoms with van der Waals surface area (Å²) in [5.41, 5.74) is 8.58. The van der Waals surface area contributed by atoms with Gasteiger partial charge in [-0.2, -0.15) is 0 Å². The van der Waals surface area contributed by atoms with Gasteiger partial charge in [0.05, 0.1) is 29.1 Å². The SMILES string of the molecule is Cc1cc(-c2ccnc(NC(C=NC[C@H](NC(=O)OC(C)(C)C)C(=O)O)=CN)n2)ccc1CNC(=O)c1cnc(C(C)(C)C)s1. The number of anilines is 1. The number of aliphatic carboxylic acids is 1. The molecule has 0 radical (unpaired) electrons. The van der Waals surface area contributed by atoms with Gasteiger partial charge in [-0.15, -0.1) is 11.3 Å². The number of benzene rings is 1. The molecule has 0 bridgehead atoms. The smallest absolute Gasteiger partial charge is 0.408 e. The number of aromatic nitrogens is 3. The molecule has 0 spiro atoms. The Kier molecular flexibility index (Phi) is 11.4. The second-order valence-corrected chi connectivity index (χ2v) is 13.2. The van der Waals surface area contributed by atoms with E-state index in [1.54, 1.807) is 39.2 Å². The van der Waals surface area contributed by atoms with Crippen LogP contribution in [0.25, 0.3) is 11.3 Å². The summed E-state index contributed by atoms with van der Waals surface area (Å²) in [5, 5.41) is 18.6. The van der Waals surface area contributed by atoms with Crippen molar-refractivity contribution in [2.75, 3.05) is 11.9 Å². The summed E-state index contributed by atoms with van der Waals surface area (Å²) >= 11 is 1.40. The van der Waals surface area contributed by atoms with Crippen molar-refractivity contribution in [2.45, 2.75) is 72.1 Å². The zero-order chi connectivity index (χ0) is 33.4. The maximum absolute atomic E-state index is 12.7. The summed E-state index contributed by atoms with van der Waals surface area (Å²) < 4.78 is 5.11. The van der Waals surface area contributed by atoms with E-state index in [4.69, 9.17) is 10.5 Å². The van der Waals surface area contributed by atoms with Crippen LogP contribution in [0.2, 0.25) is 0 Å². The van der Waals surface area contributed by atoms with E-state index < -0.39 is 23.7 Å². The average molecular weight is 637 g/mol. The molecule has 3 rings (SSSR count). The Labute approximate surface area is 266 Å². The first-order valence-corrected chi connectivity index (χ1v) is 15.0. The first-order valence-electron chi connectivity index (χ1n) is 14.1. The van der Waals surface area contributed by atoms with Gasteiger partial charge in [-0.05, 0) is 51.0 Å². The van der Waals surface area contributed by atoms with Gasteiger partial charge < -0.3 is 31.5 Å². The third kappa shape index (κ3) is 10.7. The number of alkyl carbamates (subject to hydrolysis) is 1. The van der Waals surface area contributed by atoms with Crippen molar-refractivity contribution >= 4 is 41.5 Å². The van der Waals surface area contributed by atoms with E-state index in [0.29, 0.717) is 22.8 Å². The molecule has 3 aromatic rings. The summed E-state index contributed by atoms with van der Waals surface area (Å²) in [7, 11) is 0. The molecule has 1 aromatic carbocycles. The molecule has 1 atom stereocenters. The van der Waals surface area contributed by atoms with Crippen molar-refractivity contribution in [3.63, 3.8) is 0 Å². The van der Waals surface area contributed by atoms with Crippen LogP contribution in [0.4, 0.5) is 10.7 Å². The first-order chi connectivity index (χ1) is 21.1. The van der Waals surface area contributed by atoms with Gasteiger partial charge in [0.1, 0.15) is 16.5 Å². The third-order valence-corrected chi connectivity index (χ3v) is 7.47. The number of aliphatic imine (C=N–C) groups is 1. The van der Waals surface area contributed by atoms with Crippen LogP contribution in [-0.4, -0.2) is 62.4 Å². The number of hydrogen-bond acceptors (Lipinski definition) is 11. The molecule has 45 heavy (non-hydrogen) atoms. The number of thiazole rings is 1. The molecule has 13 nitrogen and oxygen atoms in total. The molecule has 0 aliphatic heterocycles. The van der Waals surface area contributed by atoms with Crippen molar-refractivity contribution in [3.05, 3.63) is 69.6 Å². The van der Waals surface area contributed by atoms with Crippen molar-refractivity contribution in [3.8, 4) is 11.3 Å². The standard InChI is InChI=1S/C31H40N8O5S/c1-18-12-19(8-9-20(18)14-35-25(40)24-17-36-27(45-24)30(2,3)4)22-10-11-34-28(38-22)37-21(13-32)15-33-16-23(26(41)42)39-29(43)44-31(5,6)7/h8-13,15,17,23H,14,16,32H2,1-7H3,(H,35,40)(H,39,43)(H,41,42)(H,34,37,38)/t23-/m0/s1. The Morgan fingerprint density at radius 3 is 2.47 bits per heavy atom. The minimum atomic E-state index is -1.30. The summed E-state index contributed by atoms with van der Waals surface area (Å²) in [6.45, 7) is 13.3. The average Bonchev–Trinajstić information content (AvgIpc) is 3.46. The van der Waals surface area contributed by atoms with E-state index in [1.165, 1.54) is 23.8 Å². The van der Waals surface area contributed by atoms with E-state index in [0.717, 1.165) is 21.7 Å². The molecule has 0 saturated carbocycles. The van der Waals surface area contributed by atoms with Crippen molar-refractivity contribution in [1.82, 2.24) is 25.6 Å². The number of rotatable bonds is 11. The number of nitrogens with two attached hydrogens (primary N) is 1. The number of carbonyl (C=O) groups excluding carboxylic acids is 2. The first kappa shape index (κ1) is 34.6. The van der Waals surface area contributed by atoms with E-state index in [2.05, 4.69) is 56.7 Å². The van der Waals surface area contributed by atoms with E-state index in [1.807, 2.05) is 25.1 Å². The lowest BCUT2D eigenvalue weighted by atomic mass is 9.98. The number of nitrogens with zero attached hydrogens (tertiary/aromatic N) is 4. The van der Waals surface area contributed by atoms with Crippen LogP contribution in [0.1, 0.15) is 67.3 Å². The lowest BCUT2D eigenvalue weighted by molar-refractivity contribution is -0.139. The number of carboxylic acid groups (broad SMARTS) is 1. The van der Waals surface area contributed by atoms with Crippen LogP contribution in [0.5, 0.6) is 0 Å². The lowest BCUT2D eigenvalue weighted by Gasteiger charge is -2.21. The van der Waals surface area contributed by atoms with Gasteiger partial charge in [-0.25, -0.2) is 24.5 Å². The molecule has 0 saturated heterocycles. The lowest BCUT2D eigenvalue weighted by Crippen LogP contribution is -2.45. The van der Waals surface area contributed by atoms with Crippen molar-refractivity contribution in [1.29, 1.82) is 0 Å². The number of carbonyl (C=O) groups is 3. The molecule has 2 aromatic heterocycles. The third-order valence-electron chi connectivity index (χ3n) is 6.05. The van der Waals surface area contributed by atoms with Gasteiger partial charge in [-0.1, -0.05) is 32.9 Å². The fraction of sp³-hybridized carbons (Fsp3) is 0.387. The maximum Gasteiger partial charge on any atom is 0.408 e. The fourth-order valence-corrected chi connectivity index (χ4v) is 4.65. The number of hydrogen-bond donors (Lipinski definition) is 5. The summed E-state index contributed by atoms with van der Waals surface area (Å²) in [4.78, 5) is 54.1. The number of amides is 2. The minimum absolute atomic E-state index is 0.116. The molecule has 2 heterocycles. The zero-order valence-electron chi connectivity index (χ0n) is 26.5. The molecule has 0 unspecified atom stereocenters. The molecule has 240 valence electrons. The van der Waals surface area contributed by atoms with Gasteiger partial charge in [0.25, 0.3) is 5.91 Å². The topological polar surface area (TPSA) is 194 Å². The van der Waals surface area contributed by atoms with Crippen LogP contribution in [0, 0.1) is 6.92 Å². The number of ether oxygens (including phenoxy) is 1. The van der Waals surface area contributed by atoms with Crippen molar-refractivity contribution in [2.24, 2.45) is 10.7 Å². The Hall–Kier alpha value is -4.85. The molecular weight excluding hydrogens is 596 g/mol. The van der Waals surface area contributed by atoms with Gasteiger partial charge >= 0.3 is 12.1 Å². The molecule has 0 fully saturated rings. The summed E-state index contributed by atoms with van der Waals surface area (Å²) in [6.07, 6.45) is 4.91. The number of aryl methyl sites for hydroxylation is 1. The van der Waals surface area contributed by atoms with Gasteiger partial charge in [0, 0.05) is 36.1 Å². The highest BCUT2D eigenvalue weighted by atomic mass is 32.1. The number of nitrogens with one attached hydrogen (secondary N) is 3. The normalized spacial score (nSPS) is 12.9. The van der Waals surface area contributed by atoms with Crippen molar-refractivity contribution < 1.29 is 24.2 Å². The Balaban J connectivity index is 1.62. The van der Waals surface area contributed by atoms with Crippen LogP contribution >= 0.6 is 11.3 Å². The Morgan fingerprint density at radius 1 is 1.13 bits per heavy atom. The quantitative estimate of drug-likeness (QED) is 0.188. The van der Waals surface area contributed by atoms with Gasteiger partial charge in [0.15, 0.2) is 0 Å². The summed E-state index contributed by atoms with van der Waals surface area (Å²) in [6, 6.07) is 6.29. The predicted molar refractivity (Wildman–Crippen MR) is 174 cm³/mol. The second kappa shape index (κ2) is 14.8. The molecule has 14 heteroatoms. The van der Waals surface area contributed by atoms with E-state index >= 15 is 0 Å². The molecular formula is C31H40N8O5S. The molecule has 0 aliphatic carbocycles. The van der Waals surface area contributed by atoms with E-state index in [9.17, 15) is 19.5 Å².